The average molecular weight is 356 g/mol. The third kappa shape index (κ3) is 6.33. The van der Waals surface area contributed by atoms with Crippen LogP contribution in [0.5, 0.6) is 0 Å². The number of hydrogen-bond acceptors (Lipinski definition) is 6. The molecule has 0 bridgehead atoms. The molecule has 24 heavy (non-hydrogen) atoms. The molecule has 9 heteroatoms. The van der Waals surface area contributed by atoms with Crippen LogP contribution in [0.1, 0.15) is 32.8 Å². The fourth-order valence-electron chi connectivity index (χ4n) is 1.68. The number of carbonyl (C=O) groups is 2. The molecule has 0 heterocycles. The molecule has 0 radical (unpaired) electrons. The number of nitrogens with zero attached hydrogens (tertiary/aromatic N) is 2. The van der Waals surface area contributed by atoms with Gasteiger partial charge in [-0.25, -0.2) is 4.79 Å². The number of nitro benzene ring substituents is 1. The standard InChI is InChI=1S/C15H18ClN3O5/c1-15(2,3)24-14(21)11(7-13(17)20)18-8-9-4-5-10(16)12(6-9)19(22)23/h4-6,8,11H,7H2,1-3H3,(H2,17,20)/t11-/m0/s1. The van der Waals surface area contributed by atoms with Gasteiger partial charge in [0, 0.05) is 12.3 Å². The van der Waals surface area contributed by atoms with Crippen LogP contribution in [0.15, 0.2) is 23.2 Å². The van der Waals surface area contributed by atoms with E-state index in [1.807, 2.05) is 0 Å². The molecule has 0 aliphatic rings. The normalized spacial score (nSPS) is 12.8. The van der Waals surface area contributed by atoms with Gasteiger partial charge >= 0.3 is 5.97 Å². The number of esters is 1. The zero-order chi connectivity index (χ0) is 18.5. The van der Waals surface area contributed by atoms with Crippen LogP contribution in [-0.4, -0.2) is 34.7 Å². The van der Waals surface area contributed by atoms with Gasteiger partial charge in [0.2, 0.25) is 5.91 Å². The van der Waals surface area contributed by atoms with E-state index in [0.29, 0.717) is 5.56 Å². The quantitative estimate of drug-likeness (QED) is 0.362. The summed E-state index contributed by atoms with van der Waals surface area (Å²) in [6, 6.07) is 2.92. The van der Waals surface area contributed by atoms with Gasteiger partial charge in [-0.05, 0) is 32.4 Å². The number of benzene rings is 1. The zero-order valence-corrected chi connectivity index (χ0v) is 14.2. The van der Waals surface area contributed by atoms with Crippen LogP contribution in [0.4, 0.5) is 5.69 Å². The Bertz CT molecular complexity index is 682. The van der Waals surface area contributed by atoms with E-state index >= 15 is 0 Å². The number of amides is 1. The topological polar surface area (TPSA) is 125 Å². The van der Waals surface area contributed by atoms with Crippen LogP contribution in [0, 0.1) is 10.1 Å². The minimum atomic E-state index is -1.13. The second-order valence-electron chi connectivity index (χ2n) is 5.97. The van der Waals surface area contributed by atoms with E-state index in [9.17, 15) is 19.7 Å². The van der Waals surface area contributed by atoms with Crippen molar-refractivity contribution >= 4 is 35.4 Å². The van der Waals surface area contributed by atoms with E-state index in [1.165, 1.54) is 24.4 Å². The van der Waals surface area contributed by atoms with E-state index < -0.39 is 28.4 Å². The summed E-state index contributed by atoms with van der Waals surface area (Å²) in [7, 11) is 0. The first-order chi connectivity index (χ1) is 11.0. The van der Waals surface area contributed by atoms with Crippen molar-refractivity contribution < 1.29 is 19.2 Å². The molecule has 8 nitrogen and oxygen atoms in total. The lowest BCUT2D eigenvalue weighted by Crippen LogP contribution is -2.33. The van der Waals surface area contributed by atoms with E-state index in [0.717, 1.165) is 0 Å². The Morgan fingerprint density at radius 1 is 1.46 bits per heavy atom. The molecule has 0 aromatic heterocycles. The Hall–Kier alpha value is -2.48. The average Bonchev–Trinajstić information content (AvgIpc) is 2.42. The minimum absolute atomic E-state index is 0.0158. The molecule has 0 spiro atoms. The first-order valence-electron chi connectivity index (χ1n) is 6.98. The lowest BCUT2D eigenvalue weighted by Gasteiger charge is -2.21. The maximum absolute atomic E-state index is 12.1. The first-order valence-corrected chi connectivity index (χ1v) is 7.35. The third-order valence-corrected chi connectivity index (χ3v) is 2.96. The Morgan fingerprint density at radius 2 is 2.08 bits per heavy atom. The van der Waals surface area contributed by atoms with E-state index in [2.05, 4.69) is 4.99 Å². The van der Waals surface area contributed by atoms with Gasteiger partial charge in [0.15, 0.2) is 6.04 Å². The van der Waals surface area contributed by atoms with Crippen molar-refractivity contribution in [1.29, 1.82) is 0 Å². The van der Waals surface area contributed by atoms with Gasteiger partial charge in [0.05, 0.1) is 11.3 Å². The van der Waals surface area contributed by atoms with Crippen molar-refractivity contribution in [2.45, 2.75) is 38.8 Å². The SMILES string of the molecule is CC(C)(C)OC(=O)[C@H](CC(N)=O)N=Cc1ccc(Cl)c([N+](=O)[O-])c1. The number of halogens is 1. The molecule has 2 N–H and O–H groups in total. The highest BCUT2D eigenvalue weighted by molar-refractivity contribution is 6.32. The summed E-state index contributed by atoms with van der Waals surface area (Å²) in [5, 5.41) is 10.8. The number of nitrogens with two attached hydrogens (primary N) is 1. The Morgan fingerprint density at radius 3 is 2.58 bits per heavy atom. The van der Waals surface area contributed by atoms with Gasteiger partial charge < -0.3 is 10.5 Å². The summed E-state index contributed by atoms with van der Waals surface area (Å²) in [5.41, 5.74) is 4.44. The molecule has 1 aromatic carbocycles. The smallest absolute Gasteiger partial charge is 0.331 e. The molecule has 1 aromatic rings. The highest BCUT2D eigenvalue weighted by atomic mass is 35.5. The van der Waals surface area contributed by atoms with Crippen molar-refractivity contribution in [1.82, 2.24) is 0 Å². The molecule has 0 aliphatic carbocycles. The number of ether oxygens (including phenoxy) is 1. The highest BCUT2D eigenvalue weighted by Gasteiger charge is 2.26. The second kappa shape index (κ2) is 7.87. The number of nitro groups is 1. The fraction of sp³-hybridized carbons (Fsp3) is 0.400. The molecule has 130 valence electrons. The zero-order valence-electron chi connectivity index (χ0n) is 13.5. The lowest BCUT2D eigenvalue weighted by atomic mass is 10.1. The van der Waals surface area contributed by atoms with Gasteiger partial charge in [0.25, 0.3) is 5.69 Å². The minimum Gasteiger partial charge on any atom is -0.458 e. The molecule has 1 atom stereocenters. The molecule has 1 amide bonds. The molecular weight excluding hydrogens is 338 g/mol. The number of hydrogen-bond donors (Lipinski definition) is 1. The Kier molecular flexibility index (Phi) is 6.42. The summed E-state index contributed by atoms with van der Waals surface area (Å²) in [6.07, 6.45) is 0.905. The Balaban J connectivity index is 3.03. The van der Waals surface area contributed by atoms with Gasteiger partial charge in [-0.3, -0.25) is 19.9 Å². The molecule has 0 unspecified atom stereocenters. The van der Waals surface area contributed by atoms with E-state index in [-0.39, 0.29) is 17.1 Å². The molecule has 0 fully saturated rings. The largest absolute Gasteiger partial charge is 0.458 e. The number of aliphatic imine (C=N–C) groups is 1. The van der Waals surface area contributed by atoms with Crippen molar-refractivity contribution in [3.63, 3.8) is 0 Å². The van der Waals surface area contributed by atoms with Crippen LogP contribution in [-0.2, 0) is 14.3 Å². The van der Waals surface area contributed by atoms with Gasteiger partial charge in [-0.2, -0.15) is 0 Å². The van der Waals surface area contributed by atoms with Gasteiger partial charge in [0.1, 0.15) is 10.6 Å². The van der Waals surface area contributed by atoms with E-state index in [4.69, 9.17) is 22.1 Å². The summed E-state index contributed by atoms with van der Waals surface area (Å²) in [6.45, 7) is 5.04. The number of primary amides is 1. The summed E-state index contributed by atoms with van der Waals surface area (Å²) >= 11 is 5.72. The summed E-state index contributed by atoms with van der Waals surface area (Å²) in [5.74, 6) is -1.42. The Labute approximate surface area is 143 Å². The second-order valence-corrected chi connectivity index (χ2v) is 6.37. The van der Waals surface area contributed by atoms with Crippen molar-refractivity contribution in [2.24, 2.45) is 10.7 Å². The predicted molar refractivity (Wildman–Crippen MR) is 89.1 cm³/mol. The van der Waals surface area contributed by atoms with Gasteiger partial charge in [-0.1, -0.05) is 17.7 Å². The van der Waals surface area contributed by atoms with Crippen LogP contribution < -0.4 is 5.73 Å². The predicted octanol–water partition coefficient (Wildman–Crippen LogP) is 2.25. The van der Waals surface area contributed by atoms with Crippen LogP contribution >= 0.6 is 11.6 Å². The van der Waals surface area contributed by atoms with Crippen molar-refractivity contribution in [2.75, 3.05) is 0 Å². The van der Waals surface area contributed by atoms with Crippen molar-refractivity contribution in [3.05, 3.63) is 38.9 Å². The van der Waals surface area contributed by atoms with Crippen LogP contribution in [0.25, 0.3) is 0 Å². The third-order valence-electron chi connectivity index (χ3n) is 2.64. The molecule has 0 saturated carbocycles. The van der Waals surface area contributed by atoms with Crippen molar-refractivity contribution in [3.8, 4) is 0 Å². The number of carbonyl (C=O) groups excluding carboxylic acids is 2. The maximum Gasteiger partial charge on any atom is 0.331 e. The molecule has 0 saturated heterocycles. The highest BCUT2D eigenvalue weighted by Crippen LogP contribution is 2.24. The fourth-order valence-corrected chi connectivity index (χ4v) is 1.87. The van der Waals surface area contributed by atoms with Crippen LogP contribution in [0.3, 0.4) is 0 Å². The lowest BCUT2D eigenvalue weighted by molar-refractivity contribution is -0.384. The summed E-state index contributed by atoms with van der Waals surface area (Å²) in [4.78, 5) is 37.4. The molecule has 1 rings (SSSR count). The molecule has 0 aliphatic heterocycles. The monoisotopic (exact) mass is 355 g/mol. The first kappa shape index (κ1) is 19.6. The van der Waals surface area contributed by atoms with Crippen LogP contribution in [0.2, 0.25) is 5.02 Å². The van der Waals surface area contributed by atoms with E-state index in [1.54, 1.807) is 20.8 Å². The summed E-state index contributed by atoms with van der Waals surface area (Å²) < 4.78 is 5.18. The molecular formula is C15H18ClN3O5. The van der Waals surface area contributed by atoms with Gasteiger partial charge in [-0.15, -0.1) is 0 Å². The maximum atomic E-state index is 12.1. The number of rotatable bonds is 6.